The molecule has 0 fully saturated rings. The smallest absolute Gasteiger partial charge is 0.0254 e. The molecule has 0 bridgehead atoms. The van der Waals surface area contributed by atoms with Crippen LogP contribution in [0.25, 0.3) is 0 Å². The molecule has 0 aromatic carbocycles. The predicted octanol–water partition coefficient (Wildman–Crippen LogP) is 1.62. The molecule has 2 nitrogen and oxygen atoms in total. The molecule has 0 aliphatic rings. The minimum absolute atomic E-state index is 0.0491. The Morgan fingerprint density at radius 1 is 1.58 bits per heavy atom. The van der Waals surface area contributed by atoms with Crippen LogP contribution in [0.15, 0.2) is 12.7 Å². The van der Waals surface area contributed by atoms with Gasteiger partial charge in [0.05, 0.1) is 0 Å². The van der Waals surface area contributed by atoms with E-state index in [0.29, 0.717) is 0 Å². The first-order valence-corrected chi connectivity index (χ1v) is 4.60. The molecule has 0 radical (unpaired) electrons. The molecule has 0 aliphatic heterocycles. The summed E-state index contributed by atoms with van der Waals surface area (Å²) in [5.74, 6) is 0. The Morgan fingerprint density at radius 2 is 2.17 bits per heavy atom. The van der Waals surface area contributed by atoms with Gasteiger partial charge in [0, 0.05) is 18.6 Å². The van der Waals surface area contributed by atoms with Crippen LogP contribution in [0.5, 0.6) is 0 Å². The van der Waals surface area contributed by atoms with Gasteiger partial charge >= 0.3 is 0 Å². The zero-order valence-electron chi connectivity index (χ0n) is 8.64. The Labute approximate surface area is 76.4 Å². The van der Waals surface area contributed by atoms with Gasteiger partial charge in [0.2, 0.25) is 0 Å². The van der Waals surface area contributed by atoms with Crippen LogP contribution in [0.3, 0.4) is 0 Å². The fourth-order valence-electron chi connectivity index (χ4n) is 1.55. The van der Waals surface area contributed by atoms with Crippen molar-refractivity contribution in [3.05, 3.63) is 12.7 Å². The fraction of sp³-hybridized carbons (Fsp3) is 0.800. The minimum Gasteiger partial charge on any atom is -0.324 e. The summed E-state index contributed by atoms with van der Waals surface area (Å²) in [6.07, 6.45) is 4.13. The summed E-state index contributed by atoms with van der Waals surface area (Å²) >= 11 is 0. The summed E-state index contributed by atoms with van der Waals surface area (Å²) in [5.41, 5.74) is 6.03. The van der Waals surface area contributed by atoms with Crippen molar-refractivity contribution >= 4 is 0 Å². The normalized spacial score (nSPS) is 16.1. The van der Waals surface area contributed by atoms with Crippen LogP contribution >= 0.6 is 0 Å². The van der Waals surface area contributed by atoms with Gasteiger partial charge in [-0.15, -0.1) is 6.58 Å². The highest BCUT2D eigenvalue weighted by Gasteiger charge is 2.18. The lowest BCUT2D eigenvalue weighted by molar-refractivity contribution is 0.266. The van der Waals surface area contributed by atoms with Crippen LogP contribution in [0.1, 0.15) is 26.7 Å². The number of rotatable bonds is 6. The lowest BCUT2D eigenvalue weighted by Gasteiger charge is -2.29. The maximum Gasteiger partial charge on any atom is 0.0254 e. The minimum atomic E-state index is -0.0491. The maximum absolute atomic E-state index is 6.08. The first kappa shape index (κ1) is 11.7. The molecule has 0 saturated heterocycles. The van der Waals surface area contributed by atoms with Crippen molar-refractivity contribution in [2.45, 2.75) is 32.2 Å². The third kappa shape index (κ3) is 5.33. The summed E-state index contributed by atoms with van der Waals surface area (Å²) in [5, 5.41) is 0. The van der Waals surface area contributed by atoms with E-state index in [1.807, 2.05) is 6.08 Å². The van der Waals surface area contributed by atoms with E-state index >= 15 is 0 Å². The Hall–Kier alpha value is -0.340. The first-order valence-electron chi connectivity index (χ1n) is 4.60. The van der Waals surface area contributed by atoms with Crippen molar-refractivity contribution < 1.29 is 0 Å². The molecule has 0 aromatic rings. The average molecular weight is 170 g/mol. The molecule has 0 aromatic heterocycles. The molecule has 0 rings (SSSR count). The zero-order chi connectivity index (χ0) is 9.61. The number of hydrogen-bond donors (Lipinski definition) is 1. The number of likely N-dealkylation sites (N-methyl/N-ethyl adjacent to an activating group) is 1. The van der Waals surface area contributed by atoms with Gasteiger partial charge in [0.15, 0.2) is 0 Å². The van der Waals surface area contributed by atoms with Gasteiger partial charge in [-0.1, -0.05) is 19.4 Å². The Kier molecular flexibility index (Phi) is 5.18. The molecule has 0 spiro atoms. The highest BCUT2D eigenvalue weighted by atomic mass is 15.1. The third-order valence-corrected chi connectivity index (χ3v) is 1.89. The van der Waals surface area contributed by atoms with Crippen molar-refractivity contribution in [1.82, 2.24) is 4.90 Å². The van der Waals surface area contributed by atoms with Crippen molar-refractivity contribution in [3.8, 4) is 0 Å². The van der Waals surface area contributed by atoms with Crippen LogP contribution in [0.4, 0.5) is 0 Å². The van der Waals surface area contributed by atoms with Crippen molar-refractivity contribution in [3.63, 3.8) is 0 Å². The second kappa shape index (κ2) is 5.33. The number of nitrogens with zero attached hydrogens (tertiary/aromatic N) is 1. The molecule has 0 amide bonds. The second-order valence-electron chi connectivity index (χ2n) is 3.89. The topological polar surface area (TPSA) is 29.3 Å². The molecule has 72 valence electrons. The van der Waals surface area contributed by atoms with Crippen molar-refractivity contribution in [2.75, 3.05) is 20.1 Å². The Morgan fingerprint density at radius 3 is 2.58 bits per heavy atom. The highest BCUT2D eigenvalue weighted by molar-refractivity contribution is 4.83. The summed E-state index contributed by atoms with van der Waals surface area (Å²) in [7, 11) is 2.07. The van der Waals surface area contributed by atoms with E-state index in [1.54, 1.807) is 0 Å². The van der Waals surface area contributed by atoms with E-state index in [1.165, 1.54) is 0 Å². The molecular formula is C10H22N2. The molecule has 0 saturated carbocycles. The maximum atomic E-state index is 6.08. The quantitative estimate of drug-likeness (QED) is 0.614. The van der Waals surface area contributed by atoms with Crippen LogP contribution in [0.2, 0.25) is 0 Å². The van der Waals surface area contributed by atoms with E-state index in [4.69, 9.17) is 5.73 Å². The van der Waals surface area contributed by atoms with Gasteiger partial charge < -0.3 is 10.6 Å². The fourth-order valence-corrected chi connectivity index (χ4v) is 1.55. The number of nitrogens with two attached hydrogens (primary N) is 1. The van der Waals surface area contributed by atoms with E-state index < -0.39 is 0 Å². The molecule has 0 heterocycles. The van der Waals surface area contributed by atoms with Crippen LogP contribution in [0, 0.1) is 0 Å². The second-order valence-corrected chi connectivity index (χ2v) is 3.89. The van der Waals surface area contributed by atoms with Crippen LogP contribution in [-0.2, 0) is 0 Å². The number of hydrogen-bond acceptors (Lipinski definition) is 2. The van der Waals surface area contributed by atoms with Gasteiger partial charge in [-0.3, -0.25) is 0 Å². The lowest BCUT2D eigenvalue weighted by atomic mass is 9.97. The molecular weight excluding hydrogens is 148 g/mol. The van der Waals surface area contributed by atoms with Gasteiger partial charge in [0.25, 0.3) is 0 Å². The average Bonchev–Trinajstić information content (AvgIpc) is 1.85. The van der Waals surface area contributed by atoms with Gasteiger partial charge in [-0.25, -0.2) is 0 Å². The molecule has 2 N–H and O–H groups in total. The Balaban J connectivity index is 3.78. The van der Waals surface area contributed by atoms with E-state index in [9.17, 15) is 0 Å². The highest BCUT2D eigenvalue weighted by Crippen LogP contribution is 2.09. The zero-order valence-corrected chi connectivity index (χ0v) is 8.64. The van der Waals surface area contributed by atoms with E-state index in [0.717, 1.165) is 25.9 Å². The lowest BCUT2D eigenvalue weighted by Crippen LogP contribution is -2.46. The largest absolute Gasteiger partial charge is 0.324 e. The SMILES string of the molecule is C=CCN(C)CC(C)(N)CCC. The predicted molar refractivity (Wildman–Crippen MR) is 55.2 cm³/mol. The van der Waals surface area contributed by atoms with Crippen LogP contribution in [-0.4, -0.2) is 30.6 Å². The van der Waals surface area contributed by atoms with Crippen molar-refractivity contribution in [1.29, 1.82) is 0 Å². The van der Waals surface area contributed by atoms with Gasteiger partial charge in [-0.2, -0.15) is 0 Å². The standard InChI is InChI=1S/C10H22N2/c1-5-7-10(3,11)9-12(4)8-6-2/h6H,2,5,7-9,11H2,1,3-4H3. The summed E-state index contributed by atoms with van der Waals surface area (Å²) in [4.78, 5) is 2.20. The molecule has 0 aliphatic carbocycles. The third-order valence-electron chi connectivity index (χ3n) is 1.89. The van der Waals surface area contributed by atoms with E-state index in [2.05, 4.69) is 32.4 Å². The summed E-state index contributed by atoms with van der Waals surface area (Å²) in [6.45, 7) is 9.82. The summed E-state index contributed by atoms with van der Waals surface area (Å²) < 4.78 is 0. The monoisotopic (exact) mass is 170 g/mol. The van der Waals surface area contributed by atoms with Crippen molar-refractivity contribution in [2.24, 2.45) is 5.73 Å². The van der Waals surface area contributed by atoms with Gasteiger partial charge in [0.1, 0.15) is 0 Å². The molecule has 2 heteroatoms. The Bertz CT molecular complexity index is 130. The van der Waals surface area contributed by atoms with E-state index in [-0.39, 0.29) is 5.54 Å². The molecule has 12 heavy (non-hydrogen) atoms. The molecule has 1 unspecified atom stereocenters. The first-order chi connectivity index (χ1) is 5.52. The summed E-state index contributed by atoms with van der Waals surface area (Å²) in [6, 6.07) is 0. The van der Waals surface area contributed by atoms with Gasteiger partial charge in [-0.05, 0) is 20.4 Å². The molecule has 1 atom stereocenters. The van der Waals surface area contributed by atoms with Crippen LogP contribution < -0.4 is 5.73 Å².